The summed E-state index contributed by atoms with van der Waals surface area (Å²) in [6.07, 6.45) is 0. The van der Waals surface area contributed by atoms with E-state index in [9.17, 15) is 4.79 Å². The van der Waals surface area contributed by atoms with Crippen LogP contribution in [0.2, 0.25) is 5.02 Å². The fourth-order valence-corrected chi connectivity index (χ4v) is 2.08. The van der Waals surface area contributed by atoms with Gasteiger partial charge in [0.15, 0.2) is 0 Å². The van der Waals surface area contributed by atoms with Gasteiger partial charge < -0.3 is 5.32 Å². The fourth-order valence-electron chi connectivity index (χ4n) is 1.24. The van der Waals surface area contributed by atoms with E-state index in [2.05, 4.69) is 21.2 Å². The van der Waals surface area contributed by atoms with Crippen molar-refractivity contribution in [1.29, 1.82) is 0 Å². The topological polar surface area (TPSA) is 29.1 Å². The quantitative estimate of drug-likeness (QED) is 0.823. The van der Waals surface area contributed by atoms with Crippen LogP contribution in [0.5, 0.6) is 0 Å². The van der Waals surface area contributed by atoms with Crippen molar-refractivity contribution >= 4 is 45.0 Å². The van der Waals surface area contributed by atoms with E-state index >= 15 is 0 Å². The lowest BCUT2D eigenvalue weighted by Crippen LogP contribution is -2.37. The van der Waals surface area contributed by atoms with Crippen molar-refractivity contribution in [2.24, 2.45) is 5.92 Å². The van der Waals surface area contributed by atoms with Crippen LogP contribution in [0.1, 0.15) is 24.2 Å². The molecule has 5 heteroatoms. The van der Waals surface area contributed by atoms with Crippen molar-refractivity contribution in [3.05, 3.63) is 33.3 Å². The first-order valence-electron chi connectivity index (χ1n) is 5.28. The zero-order valence-corrected chi connectivity index (χ0v) is 12.7. The summed E-state index contributed by atoms with van der Waals surface area (Å²) in [6, 6.07) is 5.28. The summed E-state index contributed by atoms with van der Waals surface area (Å²) in [5.74, 6) is 0.542. The highest BCUT2D eigenvalue weighted by atomic mass is 79.9. The molecule has 0 saturated heterocycles. The third-order valence-electron chi connectivity index (χ3n) is 2.65. The molecule has 1 N–H and O–H groups in total. The number of hydrogen-bond donors (Lipinski definition) is 1. The monoisotopic (exact) mass is 337 g/mol. The molecule has 0 saturated carbocycles. The van der Waals surface area contributed by atoms with E-state index < -0.39 is 0 Å². The van der Waals surface area contributed by atoms with Gasteiger partial charge in [-0.3, -0.25) is 4.79 Å². The molecule has 2 unspecified atom stereocenters. The summed E-state index contributed by atoms with van der Waals surface area (Å²) in [5, 5.41) is 3.31. The zero-order chi connectivity index (χ0) is 13.0. The van der Waals surface area contributed by atoms with Crippen LogP contribution in [0.4, 0.5) is 0 Å². The molecule has 1 aromatic rings. The summed E-state index contributed by atoms with van der Waals surface area (Å²) in [4.78, 5) is 12.0. The number of halogens is 3. The Morgan fingerprint density at radius 1 is 1.47 bits per heavy atom. The third-order valence-corrected chi connectivity index (χ3v) is 4.44. The molecule has 1 rings (SSSR count). The lowest BCUT2D eigenvalue weighted by atomic mass is 10.1. The Hall–Kier alpha value is -0.250. The van der Waals surface area contributed by atoms with E-state index in [-0.39, 0.29) is 17.9 Å². The van der Waals surface area contributed by atoms with Crippen molar-refractivity contribution < 1.29 is 4.79 Å². The number of carbonyl (C=O) groups excluding carboxylic acids is 1. The molecular weight excluding hydrogens is 325 g/mol. The van der Waals surface area contributed by atoms with Crippen LogP contribution < -0.4 is 5.32 Å². The molecule has 2 atom stereocenters. The van der Waals surface area contributed by atoms with Crippen molar-refractivity contribution in [3.8, 4) is 0 Å². The Bertz CT molecular complexity index is 411. The van der Waals surface area contributed by atoms with Crippen LogP contribution in [0.3, 0.4) is 0 Å². The summed E-state index contributed by atoms with van der Waals surface area (Å²) < 4.78 is 0.713. The van der Waals surface area contributed by atoms with Gasteiger partial charge in [-0.2, -0.15) is 0 Å². The standard InChI is InChI=1S/C12H14BrCl2NO/c1-7(6-14)8(2)16-12(17)9-4-3-5-10(13)11(9)15/h3-5,7-8H,6H2,1-2H3,(H,16,17). The maximum Gasteiger partial charge on any atom is 0.253 e. The number of amides is 1. The van der Waals surface area contributed by atoms with Gasteiger partial charge in [0, 0.05) is 16.4 Å². The number of hydrogen-bond acceptors (Lipinski definition) is 1. The van der Waals surface area contributed by atoms with E-state index in [1.165, 1.54) is 0 Å². The first kappa shape index (κ1) is 14.8. The van der Waals surface area contributed by atoms with Gasteiger partial charge in [-0.1, -0.05) is 24.6 Å². The van der Waals surface area contributed by atoms with E-state index in [1.807, 2.05) is 13.8 Å². The second-order valence-electron chi connectivity index (χ2n) is 4.00. The number of rotatable bonds is 4. The summed E-state index contributed by atoms with van der Waals surface area (Å²) >= 11 is 15.1. The van der Waals surface area contributed by atoms with Crippen LogP contribution in [-0.2, 0) is 0 Å². The molecule has 0 aliphatic rings. The Kier molecular flexibility index (Phi) is 5.77. The highest BCUT2D eigenvalue weighted by molar-refractivity contribution is 9.10. The SMILES string of the molecule is CC(CCl)C(C)NC(=O)c1cccc(Br)c1Cl. The summed E-state index contributed by atoms with van der Waals surface area (Å²) in [5.41, 5.74) is 0.467. The van der Waals surface area contributed by atoms with Gasteiger partial charge in [-0.25, -0.2) is 0 Å². The van der Waals surface area contributed by atoms with Crippen molar-refractivity contribution in [2.75, 3.05) is 5.88 Å². The van der Waals surface area contributed by atoms with Gasteiger partial charge in [0.1, 0.15) is 0 Å². The zero-order valence-electron chi connectivity index (χ0n) is 9.64. The molecule has 2 nitrogen and oxygen atoms in total. The number of carbonyl (C=O) groups is 1. The lowest BCUT2D eigenvalue weighted by molar-refractivity contribution is 0.0931. The highest BCUT2D eigenvalue weighted by Gasteiger charge is 2.17. The Morgan fingerprint density at radius 3 is 2.71 bits per heavy atom. The van der Waals surface area contributed by atoms with Crippen molar-refractivity contribution in [2.45, 2.75) is 19.9 Å². The second-order valence-corrected chi connectivity index (χ2v) is 5.54. The number of benzene rings is 1. The van der Waals surface area contributed by atoms with Gasteiger partial charge in [0.2, 0.25) is 0 Å². The maximum absolute atomic E-state index is 12.0. The normalized spacial score (nSPS) is 14.2. The average Bonchev–Trinajstić information content (AvgIpc) is 2.31. The minimum absolute atomic E-state index is 0.00930. The minimum atomic E-state index is -0.180. The lowest BCUT2D eigenvalue weighted by Gasteiger charge is -2.19. The molecule has 17 heavy (non-hydrogen) atoms. The molecule has 1 aromatic carbocycles. The molecule has 0 heterocycles. The third kappa shape index (κ3) is 3.87. The molecule has 0 aliphatic carbocycles. The maximum atomic E-state index is 12.0. The molecule has 0 radical (unpaired) electrons. The van der Waals surface area contributed by atoms with Crippen molar-refractivity contribution in [3.63, 3.8) is 0 Å². The van der Waals surface area contributed by atoms with Gasteiger partial charge in [-0.05, 0) is 40.9 Å². The molecule has 1 amide bonds. The average molecular weight is 339 g/mol. The van der Waals surface area contributed by atoms with Crippen LogP contribution in [0.15, 0.2) is 22.7 Å². The molecule has 94 valence electrons. The van der Waals surface area contributed by atoms with Crippen LogP contribution >= 0.6 is 39.1 Å². The molecule has 0 spiro atoms. The van der Waals surface area contributed by atoms with Gasteiger partial charge in [0.05, 0.1) is 10.6 Å². The summed E-state index contributed by atoms with van der Waals surface area (Å²) in [7, 11) is 0. The second kappa shape index (κ2) is 6.62. The predicted molar refractivity (Wildman–Crippen MR) is 76.0 cm³/mol. The minimum Gasteiger partial charge on any atom is -0.349 e. The van der Waals surface area contributed by atoms with Gasteiger partial charge >= 0.3 is 0 Å². The predicted octanol–water partition coefficient (Wildman–Crippen LogP) is 4.10. The van der Waals surface area contributed by atoms with Crippen LogP contribution in [-0.4, -0.2) is 17.8 Å². The Morgan fingerprint density at radius 2 is 2.12 bits per heavy atom. The van der Waals surface area contributed by atoms with E-state index in [0.29, 0.717) is 20.9 Å². The van der Waals surface area contributed by atoms with E-state index in [4.69, 9.17) is 23.2 Å². The van der Waals surface area contributed by atoms with E-state index in [0.717, 1.165) is 0 Å². The largest absolute Gasteiger partial charge is 0.349 e. The molecule has 0 fully saturated rings. The number of alkyl halides is 1. The smallest absolute Gasteiger partial charge is 0.253 e. The van der Waals surface area contributed by atoms with Crippen LogP contribution in [0, 0.1) is 5.92 Å². The Labute approximate surface area is 120 Å². The molecular formula is C12H14BrCl2NO. The molecule has 0 bridgehead atoms. The van der Waals surface area contributed by atoms with Gasteiger partial charge in [-0.15, -0.1) is 11.6 Å². The van der Waals surface area contributed by atoms with E-state index in [1.54, 1.807) is 18.2 Å². The highest BCUT2D eigenvalue weighted by Crippen LogP contribution is 2.26. The first-order chi connectivity index (χ1) is 7.97. The first-order valence-corrected chi connectivity index (χ1v) is 6.98. The van der Waals surface area contributed by atoms with Gasteiger partial charge in [0.25, 0.3) is 5.91 Å². The number of nitrogens with one attached hydrogen (secondary N) is 1. The fraction of sp³-hybridized carbons (Fsp3) is 0.417. The molecule has 0 aliphatic heterocycles. The van der Waals surface area contributed by atoms with Crippen molar-refractivity contribution in [1.82, 2.24) is 5.32 Å². The van der Waals surface area contributed by atoms with Crippen LogP contribution in [0.25, 0.3) is 0 Å². The molecule has 0 aromatic heterocycles. The summed E-state index contributed by atoms with van der Waals surface area (Å²) in [6.45, 7) is 3.91. The Balaban J connectivity index is 2.80.